The Bertz CT molecular complexity index is 694. The smallest absolute Gasteiger partial charge is 0.167 e. The lowest BCUT2D eigenvalue weighted by molar-refractivity contribution is 0.290. The van der Waals surface area contributed by atoms with Crippen LogP contribution in [0.4, 0.5) is 0 Å². The summed E-state index contributed by atoms with van der Waals surface area (Å²) in [5, 5.41) is 4.58. The van der Waals surface area contributed by atoms with Crippen LogP contribution < -0.4 is 4.74 Å². The van der Waals surface area contributed by atoms with Crippen molar-refractivity contribution in [2.45, 2.75) is 6.61 Å². The second-order valence-corrected chi connectivity index (χ2v) is 4.67. The van der Waals surface area contributed by atoms with Crippen LogP contribution in [0.25, 0.3) is 11.3 Å². The molecule has 20 heavy (non-hydrogen) atoms. The molecule has 0 saturated heterocycles. The van der Waals surface area contributed by atoms with E-state index in [4.69, 9.17) is 20.9 Å². The topological polar surface area (TPSA) is 35.3 Å². The largest absolute Gasteiger partial charge is 0.486 e. The van der Waals surface area contributed by atoms with E-state index >= 15 is 0 Å². The molecule has 3 aromatic rings. The molecule has 0 radical (unpaired) electrons. The maximum Gasteiger partial charge on any atom is 0.167 e. The number of nitrogens with zero attached hydrogens (tertiary/aromatic N) is 1. The molecule has 100 valence electrons. The van der Waals surface area contributed by atoms with Gasteiger partial charge in [-0.3, -0.25) is 0 Å². The Labute approximate surface area is 121 Å². The molecule has 0 unspecified atom stereocenters. The molecule has 1 heterocycles. The van der Waals surface area contributed by atoms with E-state index < -0.39 is 0 Å². The van der Waals surface area contributed by atoms with Gasteiger partial charge in [0.2, 0.25) is 0 Å². The van der Waals surface area contributed by atoms with Crippen LogP contribution in [0.15, 0.2) is 65.2 Å². The molecule has 0 atom stereocenters. The lowest BCUT2D eigenvalue weighted by atomic mass is 10.2. The van der Waals surface area contributed by atoms with E-state index in [0.29, 0.717) is 17.4 Å². The lowest BCUT2D eigenvalue weighted by Crippen LogP contribution is -1.95. The van der Waals surface area contributed by atoms with E-state index in [2.05, 4.69) is 5.16 Å². The van der Waals surface area contributed by atoms with E-state index in [1.807, 2.05) is 54.6 Å². The number of hydrogen-bond acceptors (Lipinski definition) is 3. The first kappa shape index (κ1) is 12.8. The normalized spacial score (nSPS) is 10.4. The van der Waals surface area contributed by atoms with Crippen LogP contribution in [0.1, 0.15) is 5.69 Å². The fourth-order valence-corrected chi connectivity index (χ4v) is 2.02. The molecule has 0 aliphatic rings. The van der Waals surface area contributed by atoms with E-state index in [0.717, 1.165) is 17.0 Å². The molecule has 0 amide bonds. The summed E-state index contributed by atoms with van der Waals surface area (Å²) >= 11 is 6.02. The Hall–Kier alpha value is -2.26. The maximum absolute atomic E-state index is 6.02. The summed E-state index contributed by atoms with van der Waals surface area (Å²) in [5.41, 5.74) is 1.72. The van der Waals surface area contributed by atoms with Gasteiger partial charge in [-0.25, -0.2) is 0 Å². The first-order valence-corrected chi connectivity index (χ1v) is 6.59. The molecular formula is C16H12ClNO2. The highest BCUT2D eigenvalue weighted by Crippen LogP contribution is 2.25. The van der Waals surface area contributed by atoms with E-state index in [1.54, 1.807) is 6.07 Å². The predicted octanol–water partition coefficient (Wildman–Crippen LogP) is 4.57. The Morgan fingerprint density at radius 1 is 1.00 bits per heavy atom. The van der Waals surface area contributed by atoms with Gasteiger partial charge in [-0.1, -0.05) is 59.2 Å². The van der Waals surface area contributed by atoms with Crippen molar-refractivity contribution in [2.75, 3.05) is 0 Å². The molecule has 4 heteroatoms. The quantitative estimate of drug-likeness (QED) is 0.704. The number of para-hydroxylation sites is 1. The molecule has 0 spiro atoms. The van der Waals surface area contributed by atoms with Crippen molar-refractivity contribution in [3.8, 4) is 17.1 Å². The molecule has 0 aliphatic carbocycles. The van der Waals surface area contributed by atoms with Crippen molar-refractivity contribution in [3.05, 3.63) is 71.4 Å². The highest BCUT2D eigenvalue weighted by Gasteiger charge is 2.07. The zero-order valence-electron chi connectivity index (χ0n) is 10.6. The van der Waals surface area contributed by atoms with Crippen LogP contribution in [0, 0.1) is 0 Å². The molecule has 1 aromatic heterocycles. The zero-order chi connectivity index (χ0) is 13.8. The Morgan fingerprint density at radius 3 is 2.55 bits per heavy atom. The standard InChI is InChI=1S/C16H12ClNO2/c17-14-8-4-5-9-15(14)19-11-13-10-16(20-18-13)12-6-2-1-3-7-12/h1-10H,11H2. The third-order valence-corrected chi connectivity index (χ3v) is 3.14. The van der Waals surface area contributed by atoms with Gasteiger partial charge in [0.1, 0.15) is 18.1 Å². The summed E-state index contributed by atoms with van der Waals surface area (Å²) in [6.07, 6.45) is 0. The Kier molecular flexibility index (Phi) is 3.70. The minimum atomic E-state index is 0.320. The highest BCUT2D eigenvalue weighted by molar-refractivity contribution is 6.32. The average molecular weight is 286 g/mol. The number of aromatic nitrogens is 1. The van der Waals surface area contributed by atoms with Crippen LogP contribution in [-0.4, -0.2) is 5.16 Å². The summed E-state index contributed by atoms with van der Waals surface area (Å²) in [7, 11) is 0. The van der Waals surface area contributed by atoms with Crippen molar-refractivity contribution < 1.29 is 9.26 Å². The third kappa shape index (κ3) is 2.83. The minimum Gasteiger partial charge on any atom is -0.486 e. The maximum atomic E-state index is 6.02. The first-order chi connectivity index (χ1) is 9.83. The van der Waals surface area contributed by atoms with Crippen molar-refractivity contribution in [1.29, 1.82) is 0 Å². The number of halogens is 1. The van der Waals surface area contributed by atoms with Gasteiger partial charge in [-0.2, -0.15) is 0 Å². The fraction of sp³-hybridized carbons (Fsp3) is 0.0625. The molecule has 0 fully saturated rings. The van der Waals surface area contributed by atoms with Crippen LogP contribution in [0.2, 0.25) is 5.02 Å². The molecule has 0 aliphatic heterocycles. The van der Waals surface area contributed by atoms with Gasteiger partial charge < -0.3 is 9.26 Å². The summed E-state index contributed by atoms with van der Waals surface area (Å²) in [6, 6.07) is 19.0. The molecule has 0 N–H and O–H groups in total. The van der Waals surface area contributed by atoms with Gasteiger partial charge in [0, 0.05) is 11.6 Å². The molecule has 3 nitrogen and oxygen atoms in total. The predicted molar refractivity (Wildman–Crippen MR) is 77.7 cm³/mol. The first-order valence-electron chi connectivity index (χ1n) is 6.21. The third-order valence-electron chi connectivity index (χ3n) is 2.83. The molecule has 3 rings (SSSR count). The van der Waals surface area contributed by atoms with Crippen LogP contribution in [0.3, 0.4) is 0 Å². The van der Waals surface area contributed by atoms with E-state index in [-0.39, 0.29) is 0 Å². The van der Waals surface area contributed by atoms with Gasteiger partial charge in [0.05, 0.1) is 5.02 Å². The van der Waals surface area contributed by atoms with Gasteiger partial charge in [-0.05, 0) is 12.1 Å². The second kappa shape index (κ2) is 5.80. The zero-order valence-corrected chi connectivity index (χ0v) is 11.4. The van der Waals surface area contributed by atoms with Crippen molar-refractivity contribution >= 4 is 11.6 Å². The van der Waals surface area contributed by atoms with E-state index in [1.165, 1.54) is 0 Å². The fourth-order valence-electron chi connectivity index (χ4n) is 1.83. The van der Waals surface area contributed by atoms with Crippen LogP contribution in [0.5, 0.6) is 5.75 Å². The van der Waals surface area contributed by atoms with Crippen LogP contribution >= 0.6 is 11.6 Å². The number of ether oxygens (including phenoxy) is 1. The Balaban J connectivity index is 1.71. The molecule has 0 saturated carbocycles. The van der Waals surface area contributed by atoms with Gasteiger partial charge in [-0.15, -0.1) is 0 Å². The summed E-state index contributed by atoms with van der Waals surface area (Å²) in [4.78, 5) is 0. The molecule has 2 aromatic carbocycles. The second-order valence-electron chi connectivity index (χ2n) is 4.27. The van der Waals surface area contributed by atoms with Gasteiger partial charge >= 0.3 is 0 Å². The molecular weight excluding hydrogens is 274 g/mol. The van der Waals surface area contributed by atoms with Crippen molar-refractivity contribution in [1.82, 2.24) is 5.16 Å². The minimum absolute atomic E-state index is 0.320. The van der Waals surface area contributed by atoms with E-state index in [9.17, 15) is 0 Å². The highest BCUT2D eigenvalue weighted by atomic mass is 35.5. The monoisotopic (exact) mass is 285 g/mol. The Morgan fingerprint density at radius 2 is 1.75 bits per heavy atom. The summed E-state index contributed by atoms with van der Waals surface area (Å²) in [5.74, 6) is 1.36. The van der Waals surface area contributed by atoms with Gasteiger partial charge in [0.25, 0.3) is 0 Å². The SMILES string of the molecule is Clc1ccccc1OCc1cc(-c2ccccc2)on1. The molecule has 0 bridgehead atoms. The average Bonchev–Trinajstić information content (AvgIpc) is 2.96. The van der Waals surface area contributed by atoms with Crippen molar-refractivity contribution in [3.63, 3.8) is 0 Å². The lowest BCUT2D eigenvalue weighted by Gasteiger charge is -2.04. The van der Waals surface area contributed by atoms with Gasteiger partial charge in [0.15, 0.2) is 5.76 Å². The summed E-state index contributed by atoms with van der Waals surface area (Å²) in [6.45, 7) is 0.320. The number of hydrogen-bond donors (Lipinski definition) is 0. The number of rotatable bonds is 4. The van der Waals surface area contributed by atoms with Crippen LogP contribution in [-0.2, 0) is 6.61 Å². The van der Waals surface area contributed by atoms with Crippen molar-refractivity contribution in [2.24, 2.45) is 0 Å². The number of benzene rings is 2. The summed E-state index contributed by atoms with van der Waals surface area (Å²) < 4.78 is 10.9.